The minimum atomic E-state index is -5.21. The summed E-state index contributed by atoms with van der Waals surface area (Å²) in [6.07, 6.45) is -15.9. The van der Waals surface area contributed by atoms with Crippen LogP contribution in [-0.4, -0.2) is 125 Å². The van der Waals surface area contributed by atoms with Gasteiger partial charge in [0.2, 0.25) is 17.3 Å². The van der Waals surface area contributed by atoms with Crippen LogP contribution in [0.3, 0.4) is 0 Å². The predicted octanol–water partition coefficient (Wildman–Crippen LogP) is 16.7. The van der Waals surface area contributed by atoms with Gasteiger partial charge in [-0.1, -0.05) is 95.2 Å². The van der Waals surface area contributed by atoms with E-state index < -0.39 is 134 Å². The number of nitro groups is 4. The average Bonchev–Trinajstić information content (AvgIpc) is 1.62. The van der Waals surface area contributed by atoms with Crippen molar-refractivity contribution in [1.29, 1.82) is 0 Å². The van der Waals surface area contributed by atoms with Crippen LogP contribution in [0.4, 0.5) is 93.0 Å². The second-order valence-electron chi connectivity index (χ2n) is 26.5. The Morgan fingerprint density at radius 3 is 1.04 bits per heavy atom. The van der Waals surface area contributed by atoms with Gasteiger partial charge in [-0.05, 0) is 167 Å². The van der Waals surface area contributed by atoms with Gasteiger partial charge in [0.25, 0.3) is 34.3 Å². The van der Waals surface area contributed by atoms with Crippen molar-refractivity contribution in [2.24, 2.45) is 0 Å². The Morgan fingerprint density at radius 1 is 0.425 bits per heavy atom. The molecule has 2 heterocycles. The second-order valence-corrected chi connectivity index (χ2v) is 33.1. The van der Waals surface area contributed by atoms with Crippen molar-refractivity contribution in [2.75, 3.05) is 31.3 Å². The number of ketones is 3. The van der Waals surface area contributed by atoms with Crippen LogP contribution in [0, 0.1) is 46.3 Å². The number of halogens is 17. The number of Topliss-reactive ketones (excluding diaryl/α,β-unsaturated/α-hetero) is 3. The molecule has 0 saturated heterocycles. The summed E-state index contributed by atoms with van der Waals surface area (Å²) in [5.74, 6) is -9.34. The summed E-state index contributed by atoms with van der Waals surface area (Å²) in [4.78, 5) is 87.2. The largest absolute Gasteiger partial charge is 1.00 e. The SMILES string of the molecule is CS(=O)(=O)c1ccc(-c2noc(C(F)(F)F)c2-c2ccc([18F])cc2)cc1.CS(=O)(=O)c1ccc(-c2noc(C(F)(F)F)c2-c2ccc([N+](=O)[O-])cc2)cc1.CSc1ccc(/C(NO)=C(/C(=O)C(F)(F)F)c2ccc([N+](=O)[O-])cc2)cc1.CSc1ccc(/C=C(/C(=O)C(F)(F)F)c2ccc([N+](=O)[O-])cc2)cc1.CSc1ccc(C=O)cc1.O=C(Cc1ccc([N+](=O)[O-])cc1)C(F)(F)F.[18F-].[K+]. The number of hydroxylamine groups is 1. The topological polar surface area (TPSA) is 393 Å². The molecule has 12 rings (SSSR count). The quantitative estimate of drug-likeness (QED) is 0.00877. The van der Waals surface area contributed by atoms with Crippen LogP contribution in [0.25, 0.3) is 67.7 Å². The van der Waals surface area contributed by atoms with Gasteiger partial charge in [-0.15, -0.1) is 35.3 Å². The molecule has 10 aromatic carbocycles. The summed E-state index contributed by atoms with van der Waals surface area (Å²) in [7, 11) is -6.94. The van der Waals surface area contributed by atoms with Gasteiger partial charge < -0.3 is 13.8 Å². The van der Waals surface area contributed by atoms with E-state index in [0.717, 1.165) is 149 Å². The van der Waals surface area contributed by atoms with Gasteiger partial charge in [-0.3, -0.25) is 70.3 Å². The van der Waals surface area contributed by atoms with Crippen molar-refractivity contribution in [3.05, 3.63) is 334 Å². The molecule has 12 aromatic rings. The zero-order chi connectivity index (χ0) is 98.3. The van der Waals surface area contributed by atoms with Crippen LogP contribution in [0.2, 0.25) is 0 Å². The summed E-state index contributed by atoms with van der Waals surface area (Å²) in [5.41, 5.74) is -0.746. The predicted molar refractivity (Wildman–Crippen MR) is 453 cm³/mol. The molecule has 0 aliphatic rings. The maximum Gasteiger partial charge on any atom is 1.00 e. The molecule has 0 aliphatic carbocycles. The Bertz CT molecular complexity index is 6440. The van der Waals surface area contributed by atoms with Crippen molar-refractivity contribution in [1.82, 2.24) is 15.8 Å². The Balaban J connectivity index is 0.000000290. The Kier molecular flexibility index (Phi) is 40.5. The van der Waals surface area contributed by atoms with E-state index in [2.05, 4.69) is 19.4 Å². The van der Waals surface area contributed by atoms with E-state index in [1.807, 2.05) is 43.0 Å². The summed E-state index contributed by atoms with van der Waals surface area (Å²) in [6, 6.07) is 52.2. The molecule has 26 nitrogen and oxygen atoms in total. The standard InChI is InChI=1S/C17H11F4NO3S.C17H11F3N2O5S.C17H13F3N2O4S.C17H12F3NO3S.C9H6F3NO3.C8H8OS.FH.K/c1-26(23,24)13-8-4-11(5-9-13)15-14(10-2-6-12(18)7-3-10)16(25-22-15)17(19,20)21;1-28(25,26)13-8-4-11(5-9-13)15-14(16(27-21-15)17(18,19)20)10-2-6-12(7-3-10)22(23)24;1-27-13-8-4-11(5-9-13)15(21-24)14(16(23)17(18,19)20)10-2-6-12(7-3-10)22(25)26;1-25-14-8-2-11(3-9-14)10-15(16(22)17(18,19)20)12-4-6-13(7-5-12)21(23)24;10-9(11,12)8(14)5-6-1-3-7(4-2-6)13(15)16;1-10-8-4-2-7(6-9)3-5-8;;/h2-9H,1H3;2-9H,1H3;2-9,21,24H,1H3;2-10H,1H3;1-4H,5H2;2-6H,1H3;1H;/q;;;;;;;+1/p-1/b;;15-14-;15-10+;;;;/i18-1;;;;;;1-1;. The number of hydrogen-bond donors (Lipinski definition) is 2. The third kappa shape index (κ3) is 31.9. The number of carbonyl (C=O) groups excluding carboxylic acids is 4. The van der Waals surface area contributed by atoms with Crippen molar-refractivity contribution >= 4 is 124 Å². The molecule has 0 aliphatic heterocycles. The van der Waals surface area contributed by atoms with Crippen LogP contribution in [0.1, 0.15) is 49.7 Å². The smallest absolute Gasteiger partial charge is 1.00 e. The van der Waals surface area contributed by atoms with Gasteiger partial charge in [0.1, 0.15) is 23.5 Å². The summed E-state index contributed by atoms with van der Waals surface area (Å²) in [5, 5.41) is 58.9. The number of thioether (sulfide) groups is 3. The first-order valence-corrected chi connectivity index (χ1v) is 43.6. The average molecular weight is 2000 g/mol. The fourth-order valence-corrected chi connectivity index (χ4v) is 13.5. The van der Waals surface area contributed by atoms with Crippen molar-refractivity contribution in [2.45, 2.75) is 61.8 Å². The molecule has 0 amide bonds. The van der Waals surface area contributed by atoms with Gasteiger partial charge in [0.05, 0.1) is 51.9 Å². The maximum atomic E-state index is 13.4. The zero-order valence-corrected chi connectivity index (χ0v) is 76.1. The molecule has 49 heteroatoms. The van der Waals surface area contributed by atoms with E-state index in [9.17, 15) is 152 Å². The van der Waals surface area contributed by atoms with E-state index in [1.54, 1.807) is 53.6 Å². The molecule has 2 N–H and O–H groups in total. The fourth-order valence-electron chi connectivity index (χ4n) is 11.1. The molecule has 0 bridgehead atoms. The zero-order valence-electron chi connectivity index (χ0n) is 68.9. The molecule has 0 fully saturated rings. The minimum absolute atomic E-state index is 0. The van der Waals surface area contributed by atoms with Crippen LogP contribution < -0.4 is 61.6 Å². The number of alkyl halides is 15. The van der Waals surface area contributed by atoms with E-state index in [0.29, 0.717) is 5.56 Å². The van der Waals surface area contributed by atoms with Crippen LogP contribution in [0.15, 0.2) is 276 Å². The second kappa shape index (κ2) is 48.5. The number of nitrogens with zero attached hydrogens (tertiary/aromatic N) is 6. The number of non-ortho nitro benzene ring substituents is 4. The molecule has 0 unspecified atom stereocenters. The number of aromatic nitrogens is 2. The van der Waals surface area contributed by atoms with Crippen LogP contribution in [0.5, 0.6) is 0 Å². The molecule has 0 saturated carbocycles. The summed E-state index contributed by atoms with van der Waals surface area (Å²) < 4.78 is 262. The van der Waals surface area contributed by atoms with Gasteiger partial charge in [-0.25, -0.2) is 21.2 Å². The van der Waals surface area contributed by atoms with Gasteiger partial charge in [-0.2, -0.15) is 65.9 Å². The molecule has 0 radical (unpaired) electrons. The summed E-state index contributed by atoms with van der Waals surface area (Å²) in [6.45, 7) is 0. The molecular formula is C85H61F17KN7O19S5. The molecule has 2 aromatic heterocycles. The number of nitro benzene ring substituents is 4. The minimum Gasteiger partial charge on any atom is -1.00 e. The number of hydrogen-bond acceptors (Lipinski definition) is 25. The summed E-state index contributed by atoms with van der Waals surface area (Å²) >= 11 is 4.55. The monoisotopic (exact) mass is 2000 g/mol. The number of allylic oxidation sites excluding steroid dienone is 2. The van der Waals surface area contributed by atoms with Gasteiger partial charge >= 0.3 is 82.3 Å². The first-order chi connectivity index (χ1) is 61.6. The molecule has 700 valence electrons. The first-order valence-electron chi connectivity index (χ1n) is 36.2. The van der Waals surface area contributed by atoms with Crippen molar-refractivity contribution in [3.63, 3.8) is 0 Å². The molecule has 0 spiro atoms. The van der Waals surface area contributed by atoms with E-state index in [1.165, 1.54) is 101 Å². The van der Waals surface area contributed by atoms with Gasteiger partial charge in [0, 0.05) is 110 Å². The van der Waals surface area contributed by atoms with Crippen molar-refractivity contribution in [3.8, 4) is 44.8 Å². The number of rotatable bonds is 23. The third-order valence-electron chi connectivity index (χ3n) is 17.5. The Labute approximate surface area is 801 Å². The number of aldehydes is 1. The molecular weight excluding hydrogens is 1940 g/mol. The van der Waals surface area contributed by atoms with Crippen LogP contribution >= 0.6 is 35.3 Å². The number of carbonyl (C=O) groups is 4. The maximum absolute atomic E-state index is 13.4. The van der Waals surface area contributed by atoms with E-state index >= 15 is 0 Å². The van der Waals surface area contributed by atoms with Gasteiger partial charge in [0.15, 0.2) is 19.7 Å². The Morgan fingerprint density at radius 2 is 0.731 bits per heavy atom. The Hall–Kier alpha value is -12.5. The normalized spacial score (nSPS) is 11.7. The fraction of sp³-hybridized carbons (Fsp3) is 0.129. The first kappa shape index (κ1) is 112. The molecule has 0 atom stereocenters. The number of nitrogens with one attached hydrogen (secondary N) is 1. The van der Waals surface area contributed by atoms with Crippen molar-refractivity contribution < 1.29 is 196 Å². The van der Waals surface area contributed by atoms with E-state index in [-0.39, 0.29) is 150 Å². The van der Waals surface area contributed by atoms with E-state index in [4.69, 9.17) is 0 Å². The number of benzene rings is 10. The third-order valence-corrected chi connectivity index (χ3v) is 22.0. The molecule has 134 heavy (non-hydrogen) atoms. The van der Waals surface area contributed by atoms with Crippen LogP contribution in [-0.2, 0) is 52.8 Å². The number of sulfone groups is 2.